The van der Waals surface area contributed by atoms with Crippen LogP contribution in [-0.4, -0.2) is 27.7 Å². The minimum atomic E-state index is -1.02. The molecular weight excluding hydrogens is 312 g/mol. The number of rotatable bonds is 3. The number of benzene rings is 1. The number of aromatic amines is 1. The van der Waals surface area contributed by atoms with Gasteiger partial charge in [0, 0.05) is 23.4 Å². The molecule has 0 radical (unpaired) electrons. The highest BCUT2D eigenvalue weighted by Gasteiger charge is 2.44. The number of carbonyl (C=O) groups is 1. The Morgan fingerprint density at radius 2 is 2.08 bits per heavy atom. The summed E-state index contributed by atoms with van der Waals surface area (Å²) >= 11 is 0. The van der Waals surface area contributed by atoms with Gasteiger partial charge in [-0.05, 0) is 38.1 Å². The van der Waals surface area contributed by atoms with Crippen molar-refractivity contribution in [2.45, 2.75) is 31.7 Å². The average Bonchev–Trinajstić information content (AvgIpc) is 2.51. The summed E-state index contributed by atoms with van der Waals surface area (Å²) < 4.78 is 11.7. The third-order valence-corrected chi connectivity index (χ3v) is 3.98. The van der Waals surface area contributed by atoms with Crippen LogP contribution < -0.4 is 20.8 Å². The minimum Gasteiger partial charge on any atom is -0.485 e. The normalized spacial score (nSPS) is 21.5. The number of pyridine rings is 1. The molecule has 7 nitrogen and oxygen atoms in total. The number of nitrogens with two attached hydrogens (primary N) is 1. The lowest BCUT2D eigenvalue weighted by molar-refractivity contribution is -0.103. The molecule has 7 heteroatoms. The molecule has 2 unspecified atom stereocenters. The van der Waals surface area contributed by atoms with Gasteiger partial charge in [0.25, 0.3) is 5.56 Å². The van der Waals surface area contributed by atoms with E-state index in [4.69, 9.17) is 15.2 Å². The van der Waals surface area contributed by atoms with E-state index in [2.05, 4.69) is 4.98 Å². The second-order valence-electron chi connectivity index (χ2n) is 6.19. The van der Waals surface area contributed by atoms with Gasteiger partial charge < -0.3 is 25.3 Å². The van der Waals surface area contributed by atoms with Gasteiger partial charge in [-0.1, -0.05) is 0 Å². The quantitative estimate of drug-likeness (QED) is 0.780. The fourth-order valence-electron chi connectivity index (χ4n) is 2.67. The number of carbonyl (C=O) groups excluding carboxylic acids is 1. The van der Waals surface area contributed by atoms with Crippen molar-refractivity contribution in [1.29, 1.82) is 0 Å². The molecule has 1 aromatic carbocycles. The van der Waals surface area contributed by atoms with E-state index in [1.807, 2.05) is 0 Å². The van der Waals surface area contributed by atoms with E-state index >= 15 is 0 Å². The molecule has 24 heavy (non-hydrogen) atoms. The van der Waals surface area contributed by atoms with Crippen molar-refractivity contribution in [1.82, 2.24) is 4.98 Å². The molecule has 4 N–H and O–H groups in total. The number of fused-ring (bicyclic) bond motifs is 1. The summed E-state index contributed by atoms with van der Waals surface area (Å²) in [6.07, 6.45) is -0.382. The van der Waals surface area contributed by atoms with E-state index in [1.54, 1.807) is 32.0 Å². The summed E-state index contributed by atoms with van der Waals surface area (Å²) in [5.41, 5.74) is 4.87. The number of hydrogen-bond donors (Lipinski definition) is 3. The van der Waals surface area contributed by atoms with Gasteiger partial charge in [0.1, 0.15) is 23.2 Å². The van der Waals surface area contributed by atoms with Gasteiger partial charge in [-0.15, -0.1) is 0 Å². The van der Waals surface area contributed by atoms with Crippen LogP contribution in [0.2, 0.25) is 0 Å². The zero-order valence-corrected chi connectivity index (χ0v) is 13.3. The Balaban J connectivity index is 2.07. The van der Waals surface area contributed by atoms with E-state index in [9.17, 15) is 14.7 Å². The third-order valence-electron chi connectivity index (χ3n) is 3.98. The molecule has 0 spiro atoms. The van der Waals surface area contributed by atoms with Crippen molar-refractivity contribution < 1.29 is 19.4 Å². The van der Waals surface area contributed by atoms with Crippen LogP contribution in [0.4, 0.5) is 0 Å². The van der Waals surface area contributed by atoms with Crippen molar-refractivity contribution in [2.75, 3.05) is 0 Å². The number of aliphatic hydroxyl groups excluding tert-OH is 1. The van der Waals surface area contributed by atoms with Crippen molar-refractivity contribution in [2.24, 2.45) is 5.73 Å². The fourth-order valence-corrected chi connectivity index (χ4v) is 2.67. The highest BCUT2D eigenvalue weighted by Crippen LogP contribution is 2.42. The SMILES string of the molecule is CC1(C)Oc2ccc(C(N)=O)cc2C(Oc2cc[nH]c(=O)c2)C1O. The number of ether oxygens (including phenoxy) is 2. The molecule has 2 heterocycles. The summed E-state index contributed by atoms with van der Waals surface area (Å²) in [6.45, 7) is 3.47. The molecule has 3 rings (SSSR count). The standard InChI is InChI=1S/C17H18N2O5/c1-17(2)15(21)14(23-10-5-6-19-13(20)8-10)11-7-9(16(18)22)3-4-12(11)24-17/h3-8,14-15,21H,1-2H3,(H2,18,22)(H,19,20). The van der Waals surface area contributed by atoms with Crippen LogP contribution >= 0.6 is 0 Å². The molecule has 1 aromatic heterocycles. The number of aromatic nitrogens is 1. The molecule has 0 aliphatic carbocycles. The average molecular weight is 330 g/mol. The van der Waals surface area contributed by atoms with Crippen LogP contribution in [0.25, 0.3) is 0 Å². The van der Waals surface area contributed by atoms with Gasteiger partial charge in [-0.2, -0.15) is 0 Å². The number of amides is 1. The summed E-state index contributed by atoms with van der Waals surface area (Å²) in [5.74, 6) is 0.202. The maximum absolute atomic E-state index is 11.4. The van der Waals surface area contributed by atoms with Crippen molar-refractivity contribution >= 4 is 5.91 Å². The smallest absolute Gasteiger partial charge is 0.251 e. The fraction of sp³-hybridized carbons (Fsp3) is 0.294. The number of aliphatic hydroxyl groups is 1. The summed E-state index contributed by atoms with van der Waals surface area (Å²) in [7, 11) is 0. The summed E-state index contributed by atoms with van der Waals surface area (Å²) in [4.78, 5) is 25.4. The van der Waals surface area contributed by atoms with Crippen LogP contribution in [0.3, 0.4) is 0 Å². The lowest BCUT2D eigenvalue weighted by Crippen LogP contribution is -2.50. The Bertz CT molecular complexity index is 843. The molecule has 1 aliphatic rings. The zero-order chi connectivity index (χ0) is 17.5. The first-order valence-electron chi connectivity index (χ1n) is 7.44. The first-order valence-corrected chi connectivity index (χ1v) is 7.44. The molecule has 2 aromatic rings. The Morgan fingerprint density at radius 1 is 1.33 bits per heavy atom. The number of hydrogen-bond acceptors (Lipinski definition) is 5. The van der Waals surface area contributed by atoms with E-state index < -0.39 is 23.7 Å². The number of H-pyrrole nitrogens is 1. The zero-order valence-electron chi connectivity index (χ0n) is 13.3. The first kappa shape index (κ1) is 16.1. The molecule has 2 atom stereocenters. The van der Waals surface area contributed by atoms with Gasteiger partial charge in [0.05, 0.1) is 0 Å². The predicted molar refractivity (Wildman–Crippen MR) is 86.1 cm³/mol. The second kappa shape index (κ2) is 5.68. The van der Waals surface area contributed by atoms with E-state index in [0.29, 0.717) is 17.1 Å². The molecule has 0 saturated carbocycles. The number of primary amides is 1. The largest absolute Gasteiger partial charge is 0.485 e. The van der Waals surface area contributed by atoms with Gasteiger partial charge in [0.15, 0.2) is 6.10 Å². The van der Waals surface area contributed by atoms with Gasteiger partial charge in [0.2, 0.25) is 5.91 Å². The Hall–Kier alpha value is -2.80. The second-order valence-corrected chi connectivity index (χ2v) is 6.19. The molecule has 0 bridgehead atoms. The molecule has 0 fully saturated rings. The molecular formula is C17H18N2O5. The van der Waals surface area contributed by atoms with Gasteiger partial charge in [-0.25, -0.2) is 0 Å². The maximum atomic E-state index is 11.4. The van der Waals surface area contributed by atoms with Crippen LogP contribution in [0, 0.1) is 0 Å². The van der Waals surface area contributed by atoms with Crippen LogP contribution in [0.1, 0.15) is 35.9 Å². The molecule has 1 amide bonds. The highest BCUT2D eigenvalue weighted by atomic mass is 16.5. The van der Waals surface area contributed by atoms with Crippen LogP contribution in [0.5, 0.6) is 11.5 Å². The molecule has 126 valence electrons. The monoisotopic (exact) mass is 330 g/mol. The van der Waals surface area contributed by atoms with Gasteiger partial charge >= 0.3 is 0 Å². The Labute approximate surface area is 138 Å². The minimum absolute atomic E-state index is 0.281. The van der Waals surface area contributed by atoms with E-state index in [0.717, 1.165) is 0 Å². The lowest BCUT2D eigenvalue weighted by Gasteiger charge is -2.41. The Morgan fingerprint density at radius 3 is 2.75 bits per heavy atom. The third kappa shape index (κ3) is 2.85. The van der Waals surface area contributed by atoms with E-state index in [1.165, 1.54) is 18.3 Å². The highest BCUT2D eigenvalue weighted by molar-refractivity contribution is 5.93. The summed E-state index contributed by atoms with van der Waals surface area (Å²) in [6, 6.07) is 7.57. The molecule has 1 aliphatic heterocycles. The summed E-state index contributed by atoms with van der Waals surface area (Å²) in [5, 5.41) is 10.7. The van der Waals surface area contributed by atoms with Gasteiger partial charge in [-0.3, -0.25) is 9.59 Å². The van der Waals surface area contributed by atoms with Crippen LogP contribution in [-0.2, 0) is 0 Å². The van der Waals surface area contributed by atoms with Crippen molar-refractivity contribution in [3.8, 4) is 11.5 Å². The molecule has 0 saturated heterocycles. The van der Waals surface area contributed by atoms with Crippen molar-refractivity contribution in [3.05, 3.63) is 58.0 Å². The topological polar surface area (TPSA) is 115 Å². The predicted octanol–water partition coefficient (Wildman–Crippen LogP) is 1.13. The lowest BCUT2D eigenvalue weighted by atomic mass is 9.87. The Kier molecular flexibility index (Phi) is 3.81. The number of nitrogens with one attached hydrogen (secondary N) is 1. The first-order chi connectivity index (χ1) is 11.3. The van der Waals surface area contributed by atoms with Crippen molar-refractivity contribution in [3.63, 3.8) is 0 Å². The maximum Gasteiger partial charge on any atom is 0.251 e. The van der Waals surface area contributed by atoms with Crippen LogP contribution in [0.15, 0.2) is 41.3 Å². The van der Waals surface area contributed by atoms with E-state index in [-0.39, 0.29) is 11.1 Å².